The summed E-state index contributed by atoms with van der Waals surface area (Å²) in [6, 6.07) is 6.01. The lowest BCUT2D eigenvalue weighted by Crippen LogP contribution is -2.39. The van der Waals surface area contributed by atoms with Crippen LogP contribution in [-0.4, -0.2) is 45.9 Å². The number of piperidine rings is 1. The van der Waals surface area contributed by atoms with E-state index in [-0.39, 0.29) is 17.6 Å². The van der Waals surface area contributed by atoms with E-state index >= 15 is 0 Å². The van der Waals surface area contributed by atoms with Gasteiger partial charge in [0.1, 0.15) is 0 Å². The Morgan fingerprint density at radius 2 is 2.04 bits per heavy atom. The second-order valence-electron chi connectivity index (χ2n) is 6.62. The van der Waals surface area contributed by atoms with Gasteiger partial charge in [-0.05, 0) is 37.0 Å². The maximum atomic E-state index is 12.2. The van der Waals surface area contributed by atoms with Crippen LogP contribution in [0.3, 0.4) is 0 Å². The largest absolute Gasteiger partial charge is 0.342 e. The topological polar surface area (TPSA) is 54.7 Å². The van der Waals surface area contributed by atoms with Crippen molar-refractivity contribution in [2.45, 2.75) is 19.8 Å². The molecule has 0 spiro atoms. The summed E-state index contributed by atoms with van der Waals surface area (Å²) >= 11 is 6.30. The number of amides is 2. The molecule has 0 saturated carbocycles. The molecule has 1 aliphatic heterocycles. The van der Waals surface area contributed by atoms with Crippen molar-refractivity contribution in [3.05, 3.63) is 27.5 Å². The first-order valence-electron chi connectivity index (χ1n) is 8.62. The van der Waals surface area contributed by atoms with Crippen LogP contribution in [0.15, 0.2) is 27.7 Å². The van der Waals surface area contributed by atoms with E-state index in [2.05, 4.69) is 27.8 Å². The van der Waals surface area contributed by atoms with E-state index in [1.165, 1.54) is 23.1 Å². The van der Waals surface area contributed by atoms with Crippen molar-refractivity contribution >= 4 is 61.1 Å². The third-order valence-electron chi connectivity index (χ3n) is 4.58. The lowest BCUT2D eigenvalue weighted by molar-refractivity contribution is -0.129. The number of rotatable bonds is 4. The highest BCUT2D eigenvalue weighted by atomic mass is 79.9. The van der Waals surface area contributed by atoms with Gasteiger partial charge in [-0.2, -0.15) is 4.99 Å². The Morgan fingerprint density at radius 3 is 2.77 bits per heavy atom. The van der Waals surface area contributed by atoms with E-state index < -0.39 is 0 Å². The van der Waals surface area contributed by atoms with E-state index in [9.17, 15) is 9.59 Å². The molecule has 8 heteroatoms. The molecule has 1 aliphatic rings. The van der Waals surface area contributed by atoms with Gasteiger partial charge in [-0.3, -0.25) is 9.59 Å². The summed E-state index contributed by atoms with van der Waals surface area (Å²) in [4.78, 5) is 31.2. The minimum Gasteiger partial charge on any atom is -0.342 e. The summed E-state index contributed by atoms with van der Waals surface area (Å²) in [5.41, 5.74) is 1.05. The Labute approximate surface area is 169 Å². The first-order chi connectivity index (χ1) is 12.4. The molecule has 5 nitrogen and oxygen atoms in total. The smallest absolute Gasteiger partial charge is 0.258 e. The SMILES string of the molecule is CC1CCN(C(=O)CSCC(=O)N=c2sc3cc(Br)ccc3n2C)CC1. The molecule has 26 heavy (non-hydrogen) atoms. The highest BCUT2D eigenvalue weighted by Gasteiger charge is 2.20. The van der Waals surface area contributed by atoms with Crippen molar-refractivity contribution in [1.82, 2.24) is 9.47 Å². The van der Waals surface area contributed by atoms with Crippen LogP contribution in [0.4, 0.5) is 0 Å². The fraction of sp³-hybridized carbons (Fsp3) is 0.500. The van der Waals surface area contributed by atoms with E-state index in [1.807, 2.05) is 34.7 Å². The predicted molar refractivity (Wildman–Crippen MR) is 111 cm³/mol. The summed E-state index contributed by atoms with van der Waals surface area (Å²) < 4.78 is 4.01. The van der Waals surface area contributed by atoms with E-state index in [1.54, 1.807) is 0 Å². The van der Waals surface area contributed by atoms with Crippen molar-refractivity contribution in [3.8, 4) is 0 Å². The number of aromatic nitrogens is 1. The maximum absolute atomic E-state index is 12.2. The zero-order chi connectivity index (χ0) is 18.7. The molecule has 1 aromatic heterocycles. The fourth-order valence-electron chi connectivity index (χ4n) is 2.93. The Bertz CT molecular complexity index is 882. The molecule has 0 atom stereocenters. The molecule has 0 bridgehead atoms. The van der Waals surface area contributed by atoms with Crippen molar-refractivity contribution in [2.75, 3.05) is 24.6 Å². The fourth-order valence-corrected chi connectivity index (χ4v) is 5.21. The molecule has 0 aliphatic carbocycles. The molecule has 140 valence electrons. The molecular weight excluding hydrogens is 434 g/mol. The van der Waals surface area contributed by atoms with Gasteiger partial charge >= 0.3 is 0 Å². The second-order valence-corrected chi connectivity index (χ2v) is 9.53. The number of halogens is 1. The number of carbonyl (C=O) groups is 2. The lowest BCUT2D eigenvalue weighted by Gasteiger charge is -2.30. The molecule has 3 rings (SSSR count). The molecular formula is C18H22BrN3O2S2. The molecule has 1 fully saturated rings. The van der Waals surface area contributed by atoms with Crippen LogP contribution in [0, 0.1) is 5.92 Å². The summed E-state index contributed by atoms with van der Waals surface area (Å²) in [6.07, 6.45) is 2.15. The van der Waals surface area contributed by atoms with E-state index in [0.717, 1.165) is 40.6 Å². The first-order valence-corrected chi connectivity index (χ1v) is 11.4. The van der Waals surface area contributed by atoms with Crippen LogP contribution in [0.2, 0.25) is 0 Å². The molecule has 0 N–H and O–H groups in total. The predicted octanol–water partition coefficient (Wildman–Crippen LogP) is 3.42. The third-order valence-corrected chi connectivity index (χ3v) is 7.07. The Balaban J connectivity index is 1.56. The van der Waals surface area contributed by atoms with Crippen molar-refractivity contribution < 1.29 is 9.59 Å². The van der Waals surface area contributed by atoms with Gasteiger partial charge in [0.25, 0.3) is 5.91 Å². The number of aryl methyl sites for hydroxylation is 1. The minimum atomic E-state index is -0.198. The summed E-state index contributed by atoms with van der Waals surface area (Å²) in [7, 11) is 1.91. The first kappa shape index (κ1) is 19.6. The zero-order valence-corrected chi connectivity index (χ0v) is 18.1. The highest BCUT2D eigenvalue weighted by molar-refractivity contribution is 9.10. The molecule has 0 radical (unpaired) electrons. The van der Waals surface area contributed by atoms with Crippen LogP contribution in [0.5, 0.6) is 0 Å². The standard InChI is InChI=1S/C18H22BrN3O2S2/c1-12-5-7-22(8-6-12)17(24)11-25-10-16(23)20-18-21(2)14-4-3-13(19)9-15(14)26-18/h3-4,9,12H,5-8,10-11H2,1-2H3. The Kier molecular flexibility index (Phi) is 6.58. The van der Waals surface area contributed by atoms with E-state index in [0.29, 0.717) is 16.5 Å². The third kappa shape index (κ3) is 4.78. The van der Waals surface area contributed by atoms with Crippen molar-refractivity contribution in [3.63, 3.8) is 0 Å². The average molecular weight is 456 g/mol. The molecule has 2 aromatic rings. The van der Waals surface area contributed by atoms with Gasteiger partial charge in [0.2, 0.25) is 5.91 Å². The number of thioether (sulfide) groups is 1. The zero-order valence-electron chi connectivity index (χ0n) is 14.9. The number of thiazole rings is 1. The molecule has 2 amide bonds. The number of carbonyl (C=O) groups excluding carboxylic acids is 2. The van der Waals surface area contributed by atoms with Crippen LogP contribution in [0.25, 0.3) is 10.2 Å². The number of hydrogen-bond donors (Lipinski definition) is 0. The summed E-state index contributed by atoms with van der Waals surface area (Å²) in [6.45, 7) is 3.90. The summed E-state index contributed by atoms with van der Waals surface area (Å²) in [5.74, 6) is 1.22. The average Bonchev–Trinajstić information content (AvgIpc) is 2.90. The van der Waals surface area contributed by atoms with Gasteiger partial charge in [0.15, 0.2) is 4.80 Å². The van der Waals surface area contributed by atoms with Gasteiger partial charge in [-0.1, -0.05) is 34.2 Å². The van der Waals surface area contributed by atoms with Gasteiger partial charge in [-0.25, -0.2) is 0 Å². The van der Waals surface area contributed by atoms with Crippen molar-refractivity contribution in [1.29, 1.82) is 0 Å². The molecule has 0 unspecified atom stereocenters. The Morgan fingerprint density at radius 1 is 1.31 bits per heavy atom. The van der Waals surface area contributed by atoms with Crippen LogP contribution >= 0.6 is 39.0 Å². The quantitative estimate of drug-likeness (QED) is 0.709. The number of nitrogens with zero attached hydrogens (tertiary/aromatic N) is 3. The van der Waals surface area contributed by atoms with Crippen LogP contribution in [0.1, 0.15) is 19.8 Å². The van der Waals surface area contributed by atoms with Gasteiger partial charge in [-0.15, -0.1) is 11.8 Å². The van der Waals surface area contributed by atoms with Gasteiger partial charge in [0, 0.05) is 24.6 Å². The maximum Gasteiger partial charge on any atom is 0.258 e. The number of hydrogen-bond acceptors (Lipinski definition) is 4. The Hall–Kier alpha value is -1.12. The van der Waals surface area contributed by atoms with Crippen LogP contribution in [-0.2, 0) is 16.6 Å². The van der Waals surface area contributed by atoms with E-state index in [4.69, 9.17) is 0 Å². The monoisotopic (exact) mass is 455 g/mol. The highest BCUT2D eigenvalue weighted by Crippen LogP contribution is 2.21. The lowest BCUT2D eigenvalue weighted by atomic mass is 9.99. The normalized spacial score (nSPS) is 16.4. The number of likely N-dealkylation sites (tertiary alicyclic amines) is 1. The molecule has 1 aromatic carbocycles. The minimum absolute atomic E-state index is 0.131. The van der Waals surface area contributed by atoms with Crippen molar-refractivity contribution in [2.24, 2.45) is 18.0 Å². The molecule has 1 saturated heterocycles. The molecule has 2 heterocycles. The number of fused-ring (bicyclic) bond motifs is 1. The van der Waals surface area contributed by atoms with Gasteiger partial charge < -0.3 is 9.47 Å². The second kappa shape index (κ2) is 8.71. The summed E-state index contributed by atoms with van der Waals surface area (Å²) in [5, 5.41) is 0. The number of benzene rings is 1. The van der Waals surface area contributed by atoms with Crippen LogP contribution < -0.4 is 4.80 Å². The van der Waals surface area contributed by atoms with Gasteiger partial charge in [0.05, 0.1) is 21.7 Å².